The van der Waals surface area contributed by atoms with E-state index in [0.717, 1.165) is 25.1 Å². The summed E-state index contributed by atoms with van der Waals surface area (Å²) in [5, 5.41) is 6.36. The highest BCUT2D eigenvalue weighted by molar-refractivity contribution is 7.91. The van der Waals surface area contributed by atoms with Gasteiger partial charge in [-0.2, -0.15) is 4.31 Å². The van der Waals surface area contributed by atoms with Gasteiger partial charge in [0.15, 0.2) is 9.84 Å². The van der Waals surface area contributed by atoms with Gasteiger partial charge < -0.3 is 15.5 Å². The number of hydrogen-bond donors (Lipinski definition) is 2. The predicted molar refractivity (Wildman–Crippen MR) is 128 cm³/mol. The first-order chi connectivity index (χ1) is 15.1. The molecule has 0 aliphatic carbocycles. The fourth-order valence-corrected chi connectivity index (χ4v) is 6.94. The Kier molecular flexibility index (Phi) is 9.35. The molecule has 0 aromatic heterocycles. The Bertz CT molecular complexity index is 991. The van der Waals surface area contributed by atoms with Gasteiger partial charge in [-0.05, 0) is 31.0 Å². The second kappa shape index (κ2) is 11.3. The molecule has 1 heterocycles. The van der Waals surface area contributed by atoms with E-state index in [9.17, 15) is 21.6 Å². The second-order valence-corrected chi connectivity index (χ2v) is 12.2. The molecule has 0 radical (unpaired) electrons. The van der Waals surface area contributed by atoms with Crippen LogP contribution in [0.1, 0.15) is 40.0 Å². The van der Waals surface area contributed by atoms with Crippen LogP contribution in [0.15, 0.2) is 23.1 Å². The van der Waals surface area contributed by atoms with Gasteiger partial charge >= 0.3 is 0 Å². The molecule has 1 fully saturated rings. The fourth-order valence-electron chi connectivity index (χ4n) is 3.68. The molecule has 0 saturated carbocycles. The van der Waals surface area contributed by atoms with E-state index in [2.05, 4.69) is 17.6 Å². The number of rotatable bonds is 12. The Morgan fingerprint density at radius 2 is 1.81 bits per heavy atom. The van der Waals surface area contributed by atoms with Crippen LogP contribution in [0.4, 0.5) is 11.4 Å². The number of hydrogen-bond acceptors (Lipinski definition) is 7. The minimum Gasteiger partial charge on any atom is -0.383 e. The Morgan fingerprint density at radius 1 is 1.12 bits per heavy atom. The second-order valence-electron chi connectivity index (χ2n) is 7.99. The van der Waals surface area contributed by atoms with Crippen LogP contribution in [0.5, 0.6) is 0 Å². The van der Waals surface area contributed by atoms with Crippen molar-refractivity contribution in [3.63, 3.8) is 0 Å². The molecule has 1 aliphatic heterocycles. The molecule has 1 aromatic carbocycles. The number of nitrogens with one attached hydrogen (secondary N) is 2. The molecule has 0 bridgehead atoms. The number of carbonyl (C=O) groups excluding carboxylic acids is 1. The van der Waals surface area contributed by atoms with Gasteiger partial charge in [0.05, 0.1) is 34.3 Å². The van der Waals surface area contributed by atoms with Gasteiger partial charge in [-0.3, -0.25) is 4.79 Å². The zero-order valence-electron chi connectivity index (χ0n) is 19.4. The summed E-state index contributed by atoms with van der Waals surface area (Å²) in [7, 11) is -5.13. The average molecular weight is 489 g/mol. The molecule has 182 valence electrons. The van der Waals surface area contributed by atoms with Crippen molar-refractivity contribution in [2.45, 2.75) is 51.0 Å². The van der Waals surface area contributed by atoms with Crippen LogP contribution in [0.25, 0.3) is 0 Å². The van der Waals surface area contributed by atoms with Gasteiger partial charge in [-0.25, -0.2) is 16.8 Å². The summed E-state index contributed by atoms with van der Waals surface area (Å²) in [6.45, 7) is 7.05. The third kappa shape index (κ3) is 6.58. The number of likely N-dealkylation sites (N-methyl/N-ethyl adjacent to an activating group) is 1. The summed E-state index contributed by atoms with van der Waals surface area (Å²) >= 11 is 0. The molecule has 1 saturated heterocycles. The summed E-state index contributed by atoms with van der Waals surface area (Å²) in [6.07, 6.45) is 2.40. The standard InChI is InChI=1S/C21H36N4O5S2/c1-5-8-12-22-19-10-9-18(32(29,30)25(6-2)7-3)14-20(19)23-15-21(26)24(4)17-11-13-31(27,28)16-17/h9-10,14,17,22-23H,5-8,11-13,15-16H2,1-4H3. The summed E-state index contributed by atoms with van der Waals surface area (Å²) < 4.78 is 50.7. The molecule has 32 heavy (non-hydrogen) atoms. The van der Waals surface area contributed by atoms with Gasteiger partial charge in [0.25, 0.3) is 0 Å². The smallest absolute Gasteiger partial charge is 0.243 e. The molecule has 0 spiro atoms. The van der Waals surface area contributed by atoms with E-state index in [1.54, 1.807) is 39.1 Å². The number of carbonyl (C=O) groups is 1. The van der Waals surface area contributed by atoms with E-state index in [1.165, 1.54) is 9.21 Å². The first-order valence-electron chi connectivity index (χ1n) is 11.1. The average Bonchev–Trinajstić information content (AvgIpc) is 3.12. The van der Waals surface area contributed by atoms with Crippen molar-refractivity contribution in [1.82, 2.24) is 9.21 Å². The van der Waals surface area contributed by atoms with Crippen LogP contribution in [-0.4, -0.2) is 82.7 Å². The lowest BCUT2D eigenvalue weighted by atomic mass is 10.2. The number of unbranched alkanes of at least 4 members (excludes halogenated alkanes) is 1. The van der Waals surface area contributed by atoms with Crippen molar-refractivity contribution in [2.24, 2.45) is 0 Å². The highest BCUT2D eigenvalue weighted by Gasteiger charge is 2.32. The van der Waals surface area contributed by atoms with Gasteiger partial charge in [0.1, 0.15) is 0 Å². The van der Waals surface area contributed by atoms with Gasteiger partial charge in [0.2, 0.25) is 15.9 Å². The van der Waals surface area contributed by atoms with Crippen LogP contribution in [0, 0.1) is 0 Å². The Labute approximate surface area is 192 Å². The lowest BCUT2D eigenvalue weighted by molar-refractivity contribution is -0.129. The van der Waals surface area contributed by atoms with Gasteiger partial charge in [0, 0.05) is 32.7 Å². The normalized spacial score (nSPS) is 18.0. The topological polar surface area (TPSA) is 116 Å². The molecule has 9 nitrogen and oxygen atoms in total. The quantitative estimate of drug-likeness (QED) is 0.432. The highest BCUT2D eigenvalue weighted by atomic mass is 32.2. The van der Waals surface area contributed by atoms with E-state index in [4.69, 9.17) is 0 Å². The summed E-state index contributed by atoms with van der Waals surface area (Å²) in [4.78, 5) is 14.3. The maximum absolute atomic E-state index is 12.9. The van der Waals surface area contributed by atoms with Crippen LogP contribution >= 0.6 is 0 Å². The zero-order valence-corrected chi connectivity index (χ0v) is 21.1. The SMILES string of the molecule is CCCCNc1ccc(S(=O)(=O)N(CC)CC)cc1NCC(=O)N(C)C1CCS(=O)(=O)C1. The highest BCUT2D eigenvalue weighted by Crippen LogP contribution is 2.27. The number of amides is 1. The molecule has 1 aliphatic rings. The van der Waals surface area contributed by atoms with E-state index < -0.39 is 19.9 Å². The first-order valence-corrected chi connectivity index (χ1v) is 14.4. The molecular weight excluding hydrogens is 452 g/mol. The molecule has 1 amide bonds. The number of benzene rings is 1. The molecule has 1 aromatic rings. The van der Waals surface area contributed by atoms with E-state index in [0.29, 0.717) is 25.2 Å². The lowest BCUT2D eigenvalue weighted by Crippen LogP contribution is -2.41. The molecule has 1 unspecified atom stereocenters. The molecule has 11 heteroatoms. The molecule has 2 N–H and O–H groups in total. The van der Waals surface area contributed by atoms with Crippen molar-refractivity contribution < 1.29 is 21.6 Å². The Balaban J connectivity index is 2.21. The summed E-state index contributed by atoms with van der Waals surface area (Å²) in [5.41, 5.74) is 1.24. The van der Waals surface area contributed by atoms with Crippen molar-refractivity contribution in [3.05, 3.63) is 18.2 Å². The maximum atomic E-state index is 12.9. The monoisotopic (exact) mass is 488 g/mol. The first kappa shape index (κ1) is 26.4. The van der Waals surface area contributed by atoms with E-state index in [-0.39, 0.29) is 34.9 Å². The van der Waals surface area contributed by atoms with Crippen LogP contribution in [0.2, 0.25) is 0 Å². The third-order valence-corrected chi connectivity index (χ3v) is 9.56. The van der Waals surface area contributed by atoms with E-state index in [1.807, 2.05) is 0 Å². The van der Waals surface area contributed by atoms with Crippen molar-refractivity contribution in [2.75, 3.05) is 55.4 Å². The van der Waals surface area contributed by atoms with Crippen molar-refractivity contribution in [3.8, 4) is 0 Å². The number of sulfonamides is 1. The zero-order chi connectivity index (χ0) is 23.9. The Morgan fingerprint density at radius 3 is 2.38 bits per heavy atom. The van der Waals surface area contributed by atoms with Crippen LogP contribution in [0.3, 0.4) is 0 Å². The van der Waals surface area contributed by atoms with Crippen LogP contribution in [-0.2, 0) is 24.7 Å². The van der Waals surface area contributed by atoms with Crippen LogP contribution < -0.4 is 10.6 Å². The minimum atomic E-state index is -3.64. The van der Waals surface area contributed by atoms with Gasteiger partial charge in [-0.1, -0.05) is 27.2 Å². The van der Waals surface area contributed by atoms with E-state index >= 15 is 0 Å². The van der Waals surface area contributed by atoms with Gasteiger partial charge in [-0.15, -0.1) is 0 Å². The number of anilines is 2. The predicted octanol–water partition coefficient (Wildman–Crippen LogP) is 1.99. The van der Waals surface area contributed by atoms with Crippen molar-refractivity contribution in [1.29, 1.82) is 0 Å². The minimum absolute atomic E-state index is 0.0172. The summed E-state index contributed by atoms with van der Waals surface area (Å²) in [6, 6.07) is 4.51. The lowest BCUT2D eigenvalue weighted by Gasteiger charge is -2.24. The number of sulfone groups is 1. The molecular formula is C21H36N4O5S2. The molecule has 1 atom stereocenters. The maximum Gasteiger partial charge on any atom is 0.243 e. The number of nitrogens with zero attached hydrogens (tertiary/aromatic N) is 2. The molecule has 2 rings (SSSR count). The fraction of sp³-hybridized carbons (Fsp3) is 0.667. The third-order valence-electron chi connectivity index (χ3n) is 5.76. The largest absolute Gasteiger partial charge is 0.383 e. The Hall–Kier alpha value is -1.85. The summed E-state index contributed by atoms with van der Waals surface area (Å²) in [5.74, 6) is -0.167. The van der Waals surface area contributed by atoms with Crippen molar-refractivity contribution >= 4 is 37.1 Å².